The number of hydrogen-bond acceptors (Lipinski definition) is 3. The van der Waals surface area contributed by atoms with Crippen LogP contribution in [-0.4, -0.2) is 11.9 Å². The quantitative estimate of drug-likeness (QED) is 0.370. The molecule has 0 radical (unpaired) electrons. The monoisotopic (exact) mass is 212 g/mol. The van der Waals surface area contributed by atoms with Crippen molar-refractivity contribution in [3.8, 4) is 0 Å². The lowest BCUT2D eigenvalue weighted by atomic mass is 9.99. The summed E-state index contributed by atoms with van der Waals surface area (Å²) in [6, 6.07) is 0. The number of rotatable bonds is 7. The number of esters is 2. The molecular formula is C12H20O3. The van der Waals surface area contributed by atoms with Gasteiger partial charge in [0, 0.05) is 0 Å². The van der Waals surface area contributed by atoms with Gasteiger partial charge in [0.15, 0.2) is 0 Å². The summed E-state index contributed by atoms with van der Waals surface area (Å²) in [5, 5.41) is 0. The molecule has 0 aromatic heterocycles. The van der Waals surface area contributed by atoms with Crippen molar-refractivity contribution in [2.45, 2.75) is 58.3 Å². The molecule has 1 atom stereocenters. The predicted octanol–water partition coefficient (Wildman–Crippen LogP) is 2.83. The first-order valence-corrected chi connectivity index (χ1v) is 5.98. The van der Waals surface area contributed by atoms with E-state index in [4.69, 9.17) is 0 Å². The van der Waals surface area contributed by atoms with Crippen LogP contribution < -0.4 is 0 Å². The SMILES string of the molecule is CCCCCCCC[C@@H]1CC(=O)OC1=O. The van der Waals surface area contributed by atoms with E-state index in [1.807, 2.05) is 0 Å². The maximum atomic E-state index is 11.1. The van der Waals surface area contributed by atoms with Crippen molar-refractivity contribution in [3.63, 3.8) is 0 Å². The Labute approximate surface area is 91.2 Å². The summed E-state index contributed by atoms with van der Waals surface area (Å²) in [7, 11) is 0. The van der Waals surface area contributed by atoms with E-state index in [0.717, 1.165) is 19.3 Å². The van der Waals surface area contributed by atoms with Crippen LogP contribution >= 0.6 is 0 Å². The maximum absolute atomic E-state index is 11.1. The first-order chi connectivity index (χ1) is 7.24. The number of unbranched alkanes of at least 4 members (excludes halogenated alkanes) is 5. The molecule has 0 aromatic carbocycles. The molecule has 0 unspecified atom stereocenters. The zero-order valence-corrected chi connectivity index (χ0v) is 9.46. The molecule has 0 saturated carbocycles. The number of ether oxygens (including phenoxy) is 1. The molecule has 3 nitrogen and oxygen atoms in total. The van der Waals surface area contributed by atoms with E-state index in [9.17, 15) is 9.59 Å². The van der Waals surface area contributed by atoms with Crippen LogP contribution in [0.5, 0.6) is 0 Å². The molecule has 0 amide bonds. The van der Waals surface area contributed by atoms with Gasteiger partial charge in [0.2, 0.25) is 0 Å². The molecule has 86 valence electrons. The summed E-state index contributed by atoms with van der Waals surface area (Å²) < 4.78 is 4.49. The van der Waals surface area contributed by atoms with Gasteiger partial charge in [0.05, 0.1) is 12.3 Å². The Hall–Kier alpha value is -0.860. The molecule has 0 aliphatic carbocycles. The molecule has 0 N–H and O–H groups in total. The lowest BCUT2D eigenvalue weighted by Crippen LogP contribution is -2.06. The lowest BCUT2D eigenvalue weighted by Gasteiger charge is -2.03. The molecule has 1 saturated heterocycles. The fraction of sp³-hybridized carbons (Fsp3) is 0.833. The van der Waals surface area contributed by atoms with Crippen LogP contribution in [0.2, 0.25) is 0 Å². The van der Waals surface area contributed by atoms with E-state index < -0.39 is 0 Å². The summed E-state index contributed by atoms with van der Waals surface area (Å²) in [6.45, 7) is 2.19. The van der Waals surface area contributed by atoms with E-state index in [-0.39, 0.29) is 17.9 Å². The highest BCUT2D eigenvalue weighted by molar-refractivity contribution is 5.94. The molecule has 1 fully saturated rings. The minimum absolute atomic E-state index is 0.149. The Morgan fingerprint density at radius 1 is 1.13 bits per heavy atom. The smallest absolute Gasteiger partial charge is 0.317 e. The van der Waals surface area contributed by atoms with Gasteiger partial charge in [-0.1, -0.05) is 45.4 Å². The van der Waals surface area contributed by atoms with Crippen molar-refractivity contribution in [2.75, 3.05) is 0 Å². The second-order valence-electron chi connectivity index (χ2n) is 4.25. The van der Waals surface area contributed by atoms with E-state index >= 15 is 0 Å². The minimum atomic E-state index is -0.351. The van der Waals surface area contributed by atoms with Gasteiger partial charge < -0.3 is 4.74 Å². The standard InChI is InChI=1S/C12H20O3/c1-2-3-4-5-6-7-8-10-9-11(13)15-12(10)14/h10H,2-9H2,1H3/t10-/m1/s1. The molecule has 1 aliphatic heterocycles. The van der Waals surface area contributed by atoms with Gasteiger partial charge >= 0.3 is 11.9 Å². The summed E-state index contributed by atoms with van der Waals surface area (Å²) in [5.74, 6) is -0.812. The van der Waals surface area contributed by atoms with Crippen LogP contribution in [0.15, 0.2) is 0 Å². The van der Waals surface area contributed by atoms with Gasteiger partial charge in [-0.3, -0.25) is 9.59 Å². The second-order valence-corrected chi connectivity index (χ2v) is 4.25. The highest BCUT2D eigenvalue weighted by Crippen LogP contribution is 2.22. The third kappa shape index (κ3) is 4.45. The molecule has 3 heteroatoms. The van der Waals surface area contributed by atoms with Crippen molar-refractivity contribution >= 4 is 11.9 Å². The van der Waals surface area contributed by atoms with E-state index in [1.165, 1.54) is 25.7 Å². The van der Waals surface area contributed by atoms with Crippen LogP contribution in [0.4, 0.5) is 0 Å². The topological polar surface area (TPSA) is 43.4 Å². The summed E-state index contributed by atoms with van der Waals surface area (Å²) >= 11 is 0. The largest absolute Gasteiger partial charge is 0.393 e. The average molecular weight is 212 g/mol. The van der Waals surface area contributed by atoms with Crippen molar-refractivity contribution in [1.82, 2.24) is 0 Å². The Morgan fingerprint density at radius 2 is 1.80 bits per heavy atom. The third-order valence-corrected chi connectivity index (χ3v) is 2.87. The summed E-state index contributed by atoms with van der Waals surface area (Å²) in [5.41, 5.74) is 0. The Balaban J connectivity index is 2.00. The normalized spacial score (nSPS) is 20.7. The van der Waals surface area contributed by atoms with E-state index in [0.29, 0.717) is 6.42 Å². The first kappa shape index (κ1) is 12.2. The Morgan fingerprint density at radius 3 is 2.40 bits per heavy atom. The van der Waals surface area contributed by atoms with E-state index in [1.54, 1.807) is 0 Å². The van der Waals surface area contributed by atoms with Gasteiger partial charge in [-0.25, -0.2) is 0 Å². The summed E-state index contributed by atoms with van der Waals surface area (Å²) in [6.07, 6.45) is 8.39. The Bertz CT molecular complexity index is 223. The van der Waals surface area contributed by atoms with Gasteiger partial charge in [-0.15, -0.1) is 0 Å². The number of carbonyl (C=O) groups is 2. The fourth-order valence-electron chi connectivity index (χ4n) is 1.91. The Kier molecular flexibility index (Phi) is 5.37. The van der Waals surface area contributed by atoms with Crippen LogP contribution in [0.25, 0.3) is 0 Å². The van der Waals surface area contributed by atoms with Gasteiger partial charge in [-0.05, 0) is 6.42 Å². The van der Waals surface area contributed by atoms with Crippen molar-refractivity contribution < 1.29 is 14.3 Å². The van der Waals surface area contributed by atoms with Gasteiger partial charge in [0.25, 0.3) is 0 Å². The molecule has 0 spiro atoms. The number of cyclic esters (lactones) is 2. The van der Waals surface area contributed by atoms with Gasteiger partial charge in [0.1, 0.15) is 0 Å². The third-order valence-electron chi connectivity index (χ3n) is 2.87. The first-order valence-electron chi connectivity index (χ1n) is 5.98. The van der Waals surface area contributed by atoms with Crippen LogP contribution in [-0.2, 0) is 14.3 Å². The van der Waals surface area contributed by atoms with Crippen LogP contribution in [0.3, 0.4) is 0 Å². The molecule has 1 aliphatic rings. The minimum Gasteiger partial charge on any atom is -0.393 e. The highest BCUT2D eigenvalue weighted by atomic mass is 16.6. The zero-order chi connectivity index (χ0) is 11.1. The highest BCUT2D eigenvalue weighted by Gasteiger charge is 2.32. The zero-order valence-electron chi connectivity index (χ0n) is 9.46. The molecule has 0 aromatic rings. The average Bonchev–Trinajstić information content (AvgIpc) is 2.51. The molecule has 1 rings (SSSR count). The predicted molar refractivity (Wildman–Crippen MR) is 57.2 cm³/mol. The number of carbonyl (C=O) groups excluding carboxylic acids is 2. The molecule has 15 heavy (non-hydrogen) atoms. The van der Waals surface area contributed by atoms with Crippen LogP contribution in [0.1, 0.15) is 58.3 Å². The summed E-state index contributed by atoms with van der Waals surface area (Å²) in [4.78, 5) is 21.9. The molecule has 0 bridgehead atoms. The van der Waals surface area contributed by atoms with Crippen molar-refractivity contribution in [3.05, 3.63) is 0 Å². The van der Waals surface area contributed by atoms with Crippen molar-refractivity contribution in [1.29, 1.82) is 0 Å². The molecule has 1 heterocycles. The van der Waals surface area contributed by atoms with E-state index in [2.05, 4.69) is 11.7 Å². The van der Waals surface area contributed by atoms with Gasteiger partial charge in [-0.2, -0.15) is 0 Å². The number of hydrogen-bond donors (Lipinski definition) is 0. The lowest BCUT2D eigenvalue weighted by molar-refractivity contribution is -0.153. The fourth-order valence-corrected chi connectivity index (χ4v) is 1.91. The van der Waals surface area contributed by atoms with Crippen LogP contribution in [0, 0.1) is 5.92 Å². The second kappa shape index (κ2) is 6.59. The molecular weight excluding hydrogens is 192 g/mol. The van der Waals surface area contributed by atoms with Crippen molar-refractivity contribution in [2.24, 2.45) is 5.92 Å². The maximum Gasteiger partial charge on any atom is 0.317 e.